The van der Waals surface area contributed by atoms with Gasteiger partial charge in [0.25, 0.3) is 5.91 Å². The van der Waals surface area contributed by atoms with Gasteiger partial charge in [0.15, 0.2) is 5.13 Å². The Kier molecular flexibility index (Phi) is 4.14. The molecule has 28 heavy (non-hydrogen) atoms. The number of benzene rings is 3. The van der Waals surface area contributed by atoms with E-state index in [2.05, 4.69) is 0 Å². The van der Waals surface area contributed by atoms with Gasteiger partial charge in [0.2, 0.25) is 0 Å². The van der Waals surface area contributed by atoms with Crippen molar-refractivity contribution < 1.29 is 9.21 Å². The summed E-state index contributed by atoms with van der Waals surface area (Å²) in [5.74, 6) is 0.625. The van der Waals surface area contributed by atoms with E-state index in [9.17, 15) is 4.79 Å². The number of para-hydroxylation sites is 1. The number of thiazole rings is 1. The van der Waals surface area contributed by atoms with Crippen molar-refractivity contribution in [2.75, 3.05) is 4.90 Å². The number of hydrogen-bond acceptors (Lipinski definition) is 4. The fraction of sp³-hybridized carbons (Fsp3) is 0.0435. The van der Waals surface area contributed by atoms with Crippen LogP contribution in [0.3, 0.4) is 0 Å². The van der Waals surface area contributed by atoms with E-state index >= 15 is 0 Å². The Morgan fingerprint density at radius 3 is 2.61 bits per heavy atom. The Morgan fingerprint density at radius 1 is 0.929 bits per heavy atom. The van der Waals surface area contributed by atoms with Crippen LogP contribution in [0.5, 0.6) is 0 Å². The lowest BCUT2D eigenvalue weighted by atomic mass is 10.0. The summed E-state index contributed by atoms with van der Waals surface area (Å²) in [5.41, 5.74) is 1.54. The van der Waals surface area contributed by atoms with Crippen LogP contribution in [0, 0.1) is 0 Å². The highest BCUT2D eigenvalue weighted by Crippen LogP contribution is 2.31. The number of aromatic nitrogens is 1. The first-order valence-corrected chi connectivity index (χ1v) is 9.79. The summed E-state index contributed by atoms with van der Waals surface area (Å²) in [6.07, 6.45) is 1.62. The molecule has 0 spiro atoms. The summed E-state index contributed by atoms with van der Waals surface area (Å²) in [5, 5.41) is 2.63. The zero-order chi connectivity index (χ0) is 18.9. The molecule has 5 aromatic rings. The van der Waals surface area contributed by atoms with Crippen LogP contribution in [0.25, 0.3) is 21.0 Å². The number of furan rings is 1. The Balaban J connectivity index is 1.63. The molecule has 0 aliphatic heterocycles. The van der Waals surface area contributed by atoms with Crippen molar-refractivity contribution in [1.29, 1.82) is 0 Å². The van der Waals surface area contributed by atoms with Crippen LogP contribution >= 0.6 is 11.3 Å². The van der Waals surface area contributed by atoms with Gasteiger partial charge in [-0.05, 0) is 41.1 Å². The summed E-state index contributed by atoms with van der Waals surface area (Å²) in [4.78, 5) is 20.0. The molecule has 0 aliphatic rings. The molecule has 4 nitrogen and oxygen atoms in total. The van der Waals surface area contributed by atoms with E-state index in [1.54, 1.807) is 11.2 Å². The maximum absolute atomic E-state index is 13.6. The molecule has 0 N–H and O–H groups in total. The Hall–Kier alpha value is -3.44. The van der Waals surface area contributed by atoms with Crippen molar-refractivity contribution in [1.82, 2.24) is 4.98 Å². The zero-order valence-electron chi connectivity index (χ0n) is 14.9. The first kappa shape index (κ1) is 16.7. The van der Waals surface area contributed by atoms with Crippen molar-refractivity contribution in [2.45, 2.75) is 6.54 Å². The third-order valence-corrected chi connectivity index (χ3v) is 5.73. The lowest BCUT2D eigenvalue weighted by Crippen LogP contribution is -2.30. The molecule has 5 heteroatoms. The first-order chi connectivity index (χ1) is 13.8. The quantitative estimate of drug-likeness (QED) is 0.388. The molecule has 0 unspecified atom stereocenters. The Morgan fingerprint density at radius 2 is 1.75 bits per heavy atom. The topological polar surface area (TPSA) is 46.3 Å². The van der Waals surface area contributed by atoms with Crippen LogP contribution in [0.2, 0.25) is 0 Å². The van der Waals surface area contributed by atoms with E-state index < -0.39 is 0 Å². The van der Waals surface area contributed by atoms with Gasteiger partial charge in [0, 0.05) is 5.56 Å². The normalized spacial score (nSPS) is 11.1. The molecule has 0 aliphatic carbocycles. The minimum absolute atomic E-state index is 0.0905. The van der Waals surface area contributed by atoms with E-state index in [1.807, 2.05) is 78.9 Å². The number of anilines is 1. The van der Waals surface area contributed by atoms with Gasteiger partial charge >= 0.3 is 0 Å². The Labute approximate surface area is 165 Å². The maximum atomic E-state index is 13.6. The van der Waals surface area contributed by atoms with Crippen LogP contribution in [0.15, 0.2) is 89.5 Å². The number of carbonyl (C=O) groups is 1. The molecule has 0 bridgehead atoms. The summed E-state index contributed by atoms with van der Waals surface area (Å²) < 4.78 is 6.56. The fourth-order valence-electron chi connectivity index (χ4n) is 3.32. The lowest BCUT2D eigenvalue weighted by molar-refractivity contribution is 0.0985. The standard InChI is InChI=1S/C23H16N2O2S/c26-22(19-11-5-8-16-7-1-2-10-18(16)19)25(15-17-9-6-14-27-17)23-24-20-12-3-4-13-21(20)28-23/h1-14H,15H2. The molecular weight excluding hydrogens is 368 g/mol. The van der Waals surface area contributed by atoms with E-state index in [-0.39, 0.29) is 5.91 Å². The van der Waals surface area contributed by atoms with E-state index in [0.717, 1.165) is 21.0 Å². The third kappa shape index (κ3) is 2.96. The maximum Gasteiger partial charge on any atom is 0.261 e. The van der Waals surface area contributed by atoms with Crippen LogP contribution in [-0.2, 0) is 6.54 Å². The number of hydrogen-bond donors (Lipinski definition) is 0. The van der Waals surface area contributed by atoms with Gasteiger partial charge in [-0.3, -0.25) is 9.69 Å². The average molecular weight is 384 g/mol. The van der Waals surface area contributed by atoms with E-state index in [0.29, 0.717) is 23.0 Å². The molecular formula is C23H16N2O2S. The van der Waals surface area contributed by atoms with Gasteiger partial charge in [-0.15, -0.1) is 0 Å². The van der Waals surface area contributed by atoms with Gasteiger partial charge in [0.1, 0.15) is 5.76 Å². The third-order valence-electron chi connectivity index (χ3n) is 4.67. The lowest BCUT2D eigenvalue weighted by Gasteiger charge is -2.19. The first-order valence-electron chi connectivity index (χ1n) is 8.97. The number of nitrogens with zero attached hydrogens (tertiary/aromatic N) is 2. The minimum atomic E-state index is -0.0905. The number of fused-ring (bicyclic) bond motifs is 2. The highest BCUT2D eigenvalue weighted by atomic mass is 32.1. The van der Waals surface area contributed by atoms with Gasteiger partial charge in [-0.1, -0.05) is 59.9 Å². The van der Waals surface area contributed by atoms with Crippen molar-refractivity contribution in [3.63, 3.8) is 0 Å². The van der Waals surface area contributed by atoms with Gasteiger partial charge in [-0.25, -0.2) is 4.98 Å². The smallest absolute Gasteiger partial charge is 0.261 e. The molecule has 0 fully saturated rings. The molecule has 0 saturated heterocycles. The number of amides is 1. The highest BCUT2D eigenvalue weighted by Gasteiger charge is 2.24. The van der Waals surface area contributed by atoms with Crippen molar-refractivity contribution >= 4 is 43.4 Å². The molecule has 0 saturated carbocycles. The molecule has 0 atom stereocenters. The average Bonchev–Trinajstić information content (AvgIpc) is 3.40. The predicted octanol–water partition coefficient (Wildman–Crippen LogP) is 5.89. The van der Waals surface area contributed by atoms with Gasteiger partial charge in [0.05, 0.1) is 23.0 Å². The van der Waals surface area contributed by atoms with Crippen LogP contribution in [0.1, 0.15) is 16.1 Å². The van der Waals surface area contributed by atoms with Crippen LogP contribution < -0.4 is 4.90 Å². The zero-order valence-corrected chi connectivity index (χ0v) is 15.7. The summed E-state index contributed by atoms with van der Waals surface area (Å²) in [7, 11) is 0. The molecule has 3 aromatic carbocycles. The SMILES string of the molecule is O=C(c1cccc2ccccc12)N(Cc1ccco1)c1nc2ccccc2s1. The van der Waals surface area contributed by atoms with Crippen molar-refractivity contribution in [3.8, 4) is 0 Å². The van der Waals surface area contributed by atoms with E-state index in [1.165, 1.54) is 11.3 Å². The summed E-state index contributed by atoms with van der Waals surface area (Å²) in [6, 6.07) is 25.3. The van der Waals surface area contributed by atoms with Crippen LogP contribution in [0.4, 0.5) is 5.13 Å². The second-order valence-corrected chi connectivity index (χ2v) is 7.47. The van der Waals surface area contributed by atoms with Gasteiger partial charge < -0.3 is 4.42 Å². The molecule has 2 heterocycles. The highest BCUT2D eigenvalue weighted by molar-refractivity contribution is 7.22. The number of rotatable bonds is 4. The number of carbonyl (C=O) groups excluding carboxylic acids is 1. The van der Waals surface area contributed by atoms with Crippen LogP contribution in [-0.4, -0.2) is 10.9 Å². The van der Waals surface area contributed by atoms with E-state index in [4.69, 9.17) is 9.40 Å². The monoisotopic (exact) mass is 384 g/mol. The van der Waals surface area contributed by atoms with Gasteiger partial charge in [-0.2, -0.15) is 0 Å². The second kappa shape index (κ2) is 6.94. The van der Waals surface area contributed by atoms with Crippen molar-refractivity contribution in [2.24, 2.45) is 0 Å². The molecule has 0 radical (unpaired) electrons. The molecule has 136 valence electrons. The second-order valence-electron chi connectivity index (χ2n) is 6.46. The predicted molar refractivity (Wildman–Crippen MR) is 113 cm³/mol. The molecule has 2 aromatic heterocycles. The molecule has 5 rings (SSSR count). The summed E-state index contributed by atoms with van der Waals surface area (Å²) >= 11 is 1.51. The fourth-order valence-corrected chi connectivity index (χ4v) is 4.28. The van der Waals surface area contributed by atoms with Crippen molar-refractivity contribution in [3.05, 3.63) is 96.4 Å². The summed E-state index contributed by atoms with van der Waals surface area (Å²) in [6.45, 7) is 0.328. The Bertz CT molecular complexity index is 1240. The molecule has 1 amide bonds. The largest absolute Gasteiger partial charge is 0.467 e. The minimum Gasteiger partial charge on any atom is -0.467 e.